The number of carbonyl (C=O) groups excluding carboxylic acids is 1. The van der Waals surface area contributed by atoms with Gasteiger partial charge in [0.25, 0.3) is 5.56 Å². The van der Waals surface area contributed by atoms with Crippen molar-refractivity contribution in [2.24, 2.45) is 4.99 Å². The summed E-state index contributed by atoms with van der Waals surface area (Å²) in [5, 5.41) is 1.21. The second-order valence-electron chi connectivity index (χ2n) is 9.41. The number of aromatic nitrogens is 1. The van der Waals surface area contributed by atoms with Gasteiger partial charge in [-0.15, -0.1) is 0 Å². The van der Waals surface area contributed by atoms with E-state index in [-0.39, 0.29) is 12.2 Å². The molecule has 0 spiro atoms. The van der Waals surface area contributed by atoms with E-state index in [1.54, 1.807) is 48.8 Å². The number of hydrogen-bond donors (Lipinski definition) is 0. The van der Waals surface area contributed by atoms with Crippen LogP contribution in [0.2, 0.25) is 10.0 Å². The molecule has 5 rings (SSSR count). The van der Waals surface area contributed by atoms with Crippen LogP contribution in [0.1, 0.15) is 43.5 Å². The second kappa shape index (κ2) is 13.0. The molecule has 0 radical (unpaired) electrons. The number of thiazole rings is 1. The van der Waals surface area contributed by atoms with Crippen molar-refractivity contribution in [3.8, 4) is 11.5 Å². The van der Waals surface area contributed by atoms with Crippen LogP contribution in [-0.4, -0.2) is 23.8 Å². The summed E-state index contributed by atoms with van der Waals surface area (Å²) in [5.74, 6) is 0.638. The molecule has 10 heteroatoms. The van der Waals surface area contributed by atoms with Gasteiger partial charge in [0.2, 0.25) is 0 Å². The number of nitrogens with zero attached hydrogens (tertiary/aromatic N) is 2. The number of fused-ring (bicyclic) bond motifs is 1. The summed E-state index contributed by atoms with van der Waals surface area (Å²) in [6, 6.07) is 19.3. The molecule has 7 nitrogen and oxygen atoms in total. The van der Waals surface area contributed by atoms with Crippen molar-refractivity contribution < 1.29 is 19.0 Å². The van der Waals surface area contributed by atoms with E-state index in [1.807, 2.05) is 49.4 Å². The molecule has 0 aliphatic carbocycles. The molecule has 0 fully saturated rings. The van der Waals surface area contributed by atoms with Gasteiger partial charge in [-0.1, -0.05) is 64.9 Å². The fourth-order valence-electron chi connectivity index (χ4n) is 4.65. The second-order valence-corrected chi connectivity index (χ2v) is 11.3. The highest BCUT2D eigenvalue weighted by Gasteiger charge is 2.33. The maximum Gasteiger partial charge on any atom is 0.338 e. The molecule has 0 saturated heterocycles. The van der Waals surface area contributed by atoms with Gasteiger partial charge in [0.1, 0.15) is 6.61 Å². The zero-order valence-corrected chi connectivity index (χ0v) is 25.6. The molecule has 1 atom stereocenters. The normalized spacial score (nSPS) is 14.8. The van der Waals surface area contributed by atoms with E-state index < -0.39 is 12.0 Å². The molecule has 1 aromatic heterocycles. The minimum Gasteiger partial charge on any atom is -0.490 e. The van der Waals surface area contributed by atoms with Crippen molar-refractivity contribution in [1.82, 2.24) is 4.57 Å². The van der Waals surface area contributed by atoms with Crippen molar-refractivity contribution in [3.63, 3.8) is 0 Å². The van der Waals surface area contributed by atoms with E-state index in [1.165, 1.54) is 11.3 Å². The van der Waals surface area contributed by atoms with Gasteiger partial charge in [-0.3, -0.25) is 9.36 Å². The predicted molar refractivity (Wildman–Crippen MR) is 165 cm³/mol. The number of esters is 1. The number of rotatable bonds is 9. The van der Waals surface area contributed by atoms with Crippen molar-refractivity contribution in [2.75, 3.05) is 13.2 Å². The first-order valence-corrected chi connectivity index (χ1v) is 15.0. The van der Waals surface area contributed by atoms with Gasteiger partial charge in [0, 0.05) is 10.0 Å². The first-order chi connectivity index (χ1) is 20.3. The summed E-state index contributed by atoms with van der Waals surface area (Å²) < 4.78 is 19.3. The van der Waals surface area contributed by atoms with Crippen molar-refractivity contribution >= 4 is 46.6 Å². The Balaban J connectivity index is 1.54. The predicted octanol–water partition coefficient (Wildman–Crippen LogP) is 6.08. The van der Waals surface area contributed by atoms with Crippen LogP contribution in [0.15, 0.2) is 87.8 Å². The first-order valence-electron chi connectivity index (χ1n) is 13.4. The fourth-order valence-corrected chi connectivity index (χ4v) is 5.95. The lowest BCUT2D eigenvalue weighted by Gasteiger charge is -2.24. The Morgan fingerprint density at radius 2 is 1.64 bits per heavy atom. The molecule has 0 bridgehead atoms. The maximum atomic E-state index is 13.9. The highest BCUT2D eigenvalue weighted by molar-refractivity contribution is 7.07. The Kier molecular flexibility index (Phi) is 9.16. The number of ether oxygens (including phenoxy) is 3. The number of hydrogen-bond acceptors (Lipinski definition) is 7. The van der Waals surface area contributed by atoms with Crippen LogP contribution < -0.4 is 24.4 Å². The van der Waals surface area contributed by atoms with Crippen molar-refractivity contribution in [3.05, 3.63) is 124 Å². The van der Waals surface area contributed by atoms with Crippen LogP contribution in [-0.2, 0) is 16.1 Å². The topological polar surface area (TPSA) is 79.1 Å². The molecule has 1 aliphatic heterocycles. The van der Waals surface area contributed by atoms with Gasteiger partial charge in [-0.2, -0.15) is 0 Å². The first kappa shape index (κ1) is 29.6. The van der Waals surface area contributed by atoms with E-state index in [4.69, 9.17) is 37.4 Å². The molecule has 0 saturated carbocycles. The molecule has 3 aromatic carbocycles. The third kappa shape index (κ3) is 6.31. The lowest BCUT2D eigenvalue weighted by molar-refractivity contribution is -0.139. The number of carbonyl (C=O) groups is 1. The minimum absolute atomic E-state index is 0.203. The number of benzene rings is 3. The summed E-state index contributed by atoms with van der Waals surface area (Å²) >= 11 is 13.4. The van der Waals surface area contributed by atoms with Gasteiger partial charge in [0.15, 0.2) is 16.3 Å². The molecular formula is C32H28Cl2N2O5S. The third-order valence-electron chi connectivity index (χ3n) is 6.58. The average Bonchev–Trinajstić information content (AvgIpc) is 3.27. The van der Waals surface area contributed by atoms with E-state index in [9.17, 15) is 9.59 Å². The standard InChI is InChI=1S/C32H28Cl2N2O5S/c1-4-39-26-16-21(8-15-25(26)41-18-20-6-11-23(33)12-7-20)17-27-30(37)36-29(22-9-13-24(34)14-10-22)28(31(38)40-5-2)19(3)35-32(36)42-27/h6-17,29H,4-5,18H2,1-3H3/b27-17-. The number of allylic oxidation sites excluding steroid dienone is 1. The lowest BCUT2D eigenvalue weighted by atomic mass is 9.96. The smallest absolute Gasteiger partial charge is 0.338 e. The van der Waals surface area contributed by atoms with E-state index in [0.29, 0.717) is 55.4 Å². The lowest BCUT2D eigenvalue weighted by Crippen LogP contribution is -2.39. The van der Waals surface area contributed by atoms with Gasteiger partial charge >= 0.3 is 5.97 Å². The summed E-state index contributed by atoms with van der Waals surface area (Å²) in [7, 11) is 0. The Bertz CT molecular complexity index is 1830. The Morgan fingerprint density at radius 1 is 0.952 bits per heavy atom. The minimum atomic E-state index is -0.706. The molecular weight excluding hydrogens is 595 g/mol. The summed E-state index contributed by atoms with van der Waals surface area (Å²) in [6.45, 7) is 6.39. The Labute approximate surface area is 256 Å². The molecule has 4 aromatic rings. The quantitative estimate of drug-likeness (QED) is 0.211. The number of halogens is 2. The Morgan fingerprint density at radius 3 is 2.31 bits per heavy atom. The monoisotopic (exact) mass is 622 g/mol. The van der Waals surface area contributed by atoms with E-state index in [0.717, 1.165) is 16.7 Å². The largest absolute Gasteiger partial charge is 0.490 e. The fraction of sp³-hybridized carbons (Fsp3) is 0.219. The van der Waals surface area contributed by atoms with Crippen molar-refractivity contribution in [1.29, 1.82) is 0 Å². The van der Waals surface area contributed by atoms with Gasteiger partial charge in [0.05, 0.1) is 35.1 Å². The van der Waals surface area contributed by atoms with Crippen LogP contribution >= 0.6 is 34.5 Å². The third-order valence-corrected chi connectivity index (χ3v) is 8.06. The van der Waals surface area contributed by atoms with Crippen molar-refractivity contribution in [2.45, 2.75) is 33.4 Å². The summed E-state index contributed by atoms with van der Waals surface area (Å²) in [5.41, 5.74) is 3.01. The molecule has 2 heterocycles. The van der Waals surface area contributed by atoms with Crippen LogP contribution in [0, 0.1) is 0 Å². The highest BCUT2D eigenvalue weighted by atomic mass is 35.5. The van der Waals surface area contributed by atoms with Gasteiger partial charge in [-0.25, -0.2) is 9.79 Å². The van der Waals surface area contributed by atoms with Crippen LogP contribution in [0.4, 0.5) is 0 Å². The molecule has 0 N–H and O–H groups in total. The summed E-state index contributed by atoms with van der Waals surface area (Å²) in [6.07, 6.45) is 1.79. The molecule has 1 aliphatic rings. The Hall–Kier alpha value is -3.85. The van der Waals surface area contributed by atoms with Gasteiger partial charge < -0.3 is 14.2 Å². The van der Waals surface area contributed by atoms with Crippen LogP contribution in [0.5, 0.6) is 11.5 Å². The molecule has 0 amide bonds. The zero-order chi connectivity index (χ0) is 29.8. The molecule has 1 unspecified atom stereocenters. The van der Waals surface area contributed by atoms with Gasteiger partial charge in [-0.05, 0) is 79.9 Å². The van der Waals surface area contributed by atoms with E-state index in [2.05, 4.69) is 4.99 Å². The molecule has 216 valence electrons. The highest BCUT2D eigenvalue weighted by Crippen LogP contribution is 2.32. The van der Waals surface area contributed by atoms with E-state index >= 15 is 0 Å². The molecule has 42 heavy (non-hydrogen) atoms. The summed E-state index contributed by atoms with van der Waals surface area (Å²) in [4.78, 5) is 32.0. The SMILES string of the molecule is CCOC(=O)C1=C(C)N=c2s/c(=C\c3ccc(OCc4ccc(Cl)cc4)c(OCC)c3)c(=O)n2C1c1ccc(Cl)cc1. The average molecular weight is 624 g/mol. The van der Waals surface area contributed by atoms with Crippen LogP contribution in [0.25, 0.3) is 6.08 Å². The van der Waals surface area contributed by atoms with Crippen LogP contribution in [0.3, 0.4) is 0 Å². The zero-order valence-electron chi connectivity index (χ0n) is 23.2. The maximum absolute atomic E-state index is 13.9.